The van der Waals surface area contributed by atoms with Gasteiger partial charge >= 0.3 is 5.69 Å². The zero-order valence-corrected chi connectivity index (χ0v) is 11.9. The Kier molecular flexibility index (Phi) is 3.77. The molecule has 0 amide bonds. The number of aromatic nitrogens is 4. The Morgan fingerprint density at radius 1 is 1.35 bits per heavy atom. The van der Waals surface area contributed by atoms with Crippen LogP contribution in [-0.2, 0) is 25.3 Å². The lowest BCUT2D eigenvalue weighted by molar-refractivity contribution is 0.526. The van der Waals surface area contributed by atoms with Crippen LogP contribution in [0.5, 0.6) is 0 Å². The van der Waals surface area contributed by atoms with Gasteiger partial charge in [0.1, 0.15) is 0 Å². The number of aryl methyl sites for hydroxylation is 1. The van der Waals surface area contributed by atoms with E-state index in [4.69, 9.17) is 0 Å². The maximum Gasteiger partial charge on any atom is 0.328 e. The maximum atomic E-state index is 12.0. The van der Waals surface area contributed by atoms with Crippen LogP contribution in [0.15, 0.2) is 28.3 Å². The highest BCUT2D eigenvalue weighted by Gasteiger charge is 2.18. The van der Waals surface area contributed by atoms with Crippen LogP contribution in [0.1, 0.15) is 17.7 Å². The summed E-state index contributed by atoms with van der Waals surface area (Å²) in [5, 5.41) is 0. The van der Waals surface area contributed by atoms with Gasteiger partial charge < -0.3 is 4.57 Å². The molecule has 0 radical (unpaired) electrons. The van der Waals surface area contributed by atoms with Crippen molar-refractivity contribution in [2.45, 2.75) is 31.7 Å². The molecule has 3 heterocycles. The first kappa shape index (κ1) is 13.2. The molecular weight excluding hydrogens is 276 g/mol. The second-order valence-corrected chi connectivity index (χ2v) is 5.90. The number of aromatic amines is 1. The van der Waals surface area contributed by atoms with E-state index in [0.717, 1.165) is 36.4 Å². The van der Waals surface area contributed by atoms with E-state index in [2.05, 4.69) is 9.97 Å². The van der Waals surface area contributed by atoms with E-state index in [1.807, 2.05) is 10.8 Å². The van der Waals surface area contributed by atoms with Crippen molar-refractivity contribution in [3.05, 3.63) is 50.8 Å². The molecule has 0 unspecified atom stereocenters. The molecule has 0 fully saturated rings. The third kappa shape index (κ3) is 2.58. The monoisotopic (exact) mass is 292 g/mol. The van der Waals surface area contributed by atoms with E-state index in [1.165, 1.54) is 0 Å². The number of hydrogen-bond acceptors (Lipinski definition) is 4. The molecule has 2 aromatic heterocycles. The summed E-state index contributed by atoms with van der Waals surface area (Å²) in [6.45, 7) is 1.44. The lowest BCUT2D eigenvalue weighted by atomic mass is 10.2. The quantitative estimate of drug-likeness (QED) is 0.896. The fraction of sp³-hybridized carbons (Fsp3) is 0.462. The fourth-order valence-electron chi connectivity index (χ4n) is 2.50. The number of H-pyrrole nitrogens is 1. The SMILES string of the molecule is O=c1[nH]c(=O)n(CCCn2ccnc2)c2c1CSCC2. The molecule has 0 saturated carbocycles. The first-order valence-electron chi connectivity index (χ1n) is 6.64. The van der Waals surface area contributed by atoms with E-state index in [1.54, 1.807) is 28.9 Å². The minimum absolute atomic E-state index is 0.219. The summed E-state index contributed by atoms with van der Waals surface area (Å²) in [6, 6.07) is 0. The zero-order valence-electron chi connectivity index (χ0n) is 11.0. The summed E-state index contributed by atoms with van der Waals surface area (Å²) in [7, 11) is 0. The largest absolute Gasteiger partial charge is 0.337 e. The van der Waals surface area contributed by atoms with E-state index in [-0.39, 0.29) is 11.2 Å². The number of rotatable bonds is 4. The van der Waals surface area contributed by atoms with Crippen LogP contribution in [0.3, 0.4) is 0 Å². The van der Waals surface area contributed by atoms with E-state index in [0.29, 0.717) is 12.3 Å². The van der Waals surface area contributed by atoms with Crippen LogP contribution < -0.4 is 11.2 Å². The molecule has 0 atom stereocenters. The van der Waals surface area contributed by atoms with Crippen molar-refractivity contribution >= 4 is 11.8 Å². The summed E-state index contributed by atoms with van der Waals surface area (Å²) in [5.74, 6) is 1.67. The molecule has 6 nitrogen and oxygen atoms in total. The molecule has 0 aliphatic carbocycles. The highest BCUT2D eigenvalue weighted by molar-refractivity contribution is 7.98. The highest BCUT2D eigenvalue weighted by Crippen LogP contribution is 2.20. The third-order valence-corrected chi connectivity index (χ3v) is 4.49. The van der Waals surface area contributed by atoms with Crippen LogP contribution in [0, 0.1) is 0 Å². The normalized spacial score (nSPS) is 14.2. The molecule has 0 aromatic carbocycles. The number of hydrogen-bond donors (Lipinski definition) is 1. The average Bonchev–Trinajstić information content (AvgIpc) is 2.96. The second-order valence-electron chi connectivity index (χ2n) is 4.79. The summed E-state index contributed by atoms with van der Waals surface area (Å²) in [4.78, 5) is 30.2. The van der Waals surface area contributed by atoms with Gasteiger partial charge in [0.15, 0.2) is 0 Å². The van der Waals surface area contributed by atoms with Gasteiger partial charge in [-0.25, -0.2) is 9.78 Å². The van der Waals surface area contributed by atoms with Crippen LogP contribution in [0.25, 0.3) is 0 Å². The lowest BCUT2D eigenvalue weighted by Crippen LogP contribution is -2.37. The Morgan fingerprint density at radius 2 is 2.25 bits per heavy atom. The Labute approximate surface area is 119 Å². The van der Waals surface area contributed by atoms with Crippen LogP contribution in [0.2, 0.25) is 0 Å². The summed E-state index contributed by atoms with van der Waals surface area (Å²) in [6.07, 6.45) is 7.04. The fourth-order valence-corrected chi connectivity index (χ4v) is 3.49. The minimum Gasteiger partial charge on any atom is -0.337 e. The maximum absolute atomic E-state index is 12.0. The van der Waals surface area contributed by atoms with Crippen molar-refractivity contribution in [3.8, 4) is 0 Å². The smallest absolute Gasteiger partial charge is 0.328 e. The Hall–Kier alpha value is -1.76. The van der Waals surface area contributed by atoms with Gasteiger partial charge in [-0.15, -0.1) is 0 Å². The van der Waals surface area contributed by atoms with Crippen LogP contribution in [0.4, 0.5) is 0 Å². The third-order valence-electron chi connectivity index (χ3n) is 3.50. The van der Waals surface area contributed by atoms with Gasteiger partial charge in [0.25, 0.3) is 5.56 Å². The lowest BCUT2D eigenvalue weighted by Gasteiger charge is -2.19. The van der Waals surface area contributed by atoms with Crippen molar-refractivity contribution < 1.29 is 0 Å². The van der Waals surface area contributed by atoms with Crippen molar-refractivity contribution in [3.63, 3.8) is 0 Å². The van der Waals surface area contributed by atoms with Crippen molar-refractivity contribution in [2.75, 3.05) is 5.75 Å². The molecule has 0 bridgehead atoms. The number of nitrogens with zero attached hydrogens (tertiary/aromatic N) is 3. The van der Waals surface area contributed by atoms with Gasteiger partial charge in [-0.2, -0.15) is 11.8 Å². The minimum atomic E-state index is -0.286. The second kappa shape index (κ2) is 5.70. The molecule has 7 heteroatoms. The van der Waals surface area contributed by atoms with Crippen LogP contribution in [-0.4, -0.2) is 24.9 Å². The summed E-state index contributed by atoms with van der Waals surface area (Å²) >= 11 is 1.74. The van der Waals surface area contributed by atoms with Crippen molar-refractivity contribution in [1.82, 2.24) is 19.1 Å². The predicted octanol–water partition coefficient (Wildman–Crippen LogP) is 0.613. The molecule has 1 N–H and O–H groups in total. The van der Waals surface area contributed by atoms with E-state index < -0.39 is 0 Å². The molecule has 0 spiro atoms. The zero-order chi connectivity index (χ0) is 13.9. The van der Waals surface area contributed by atoms with Gasteiger partial charge in [0.05, 0.1) is 6.33 Å². The number of imidazole rings is 1. The number of nitrogens with one attached hydrogen (secondary N) is 1. The van der Waals surface area contributed by atoms with Crippen molar-refractivity contribution in [2.24, 2.45) is 0 Å². The molecule has 2 aromatic rings. The van der Waals surface area contributed by atoms with Crippen molar-refractivity contribution in [1.29, 1.82) is 0 Å². The van der Waals surface area contributed by atoms with Gasteiger partial charge in [-0.1, -0.05) is 0 Å². The first-order chi connectivity index (χ1) is 9.75. The molecule has 0 saturated heterocycles. The number of fused-ring (bicyclic) bond motifs is 1. The van der Waals surface area contributed by atoms with E-state index >= 15 is 0 Å². The Morgan fingerprint density at radius 3 is 3.05 bits per heavy atom. The Balaban J connectivity index is 1.82. The first-order valence-corrected chi connectivity index (χ1v) is 7.79. The molecule has 3 rings (SSSR count). The van der Waals surface area contributed by atoms with Gasteiger partial charge in [0.2, 0.25) is 0 Å². The van der Waals surface area contributed by atoms with Crippen LogP contribution >= 0.6 is 11.8 Å². The molecule has 1 aliphatic heterocycles. The standard InChI is InChI=1S/C13H16N4O2S/c18-12-10-8-20-7-2-11(10)17(13(19)15-12)5-1-4-16-6-3-14-9-16/h3,6,9H,1-2,4-5,7-8H2,(H,15,18,19). The summed E-state index contributed by atoms with van der Waals surface area (Å²) < 4.78 is 3.71. The summed E-state index contributed by atoms with van der Waals surface area (Å²) in [5.41, 5.74) is 1.18. The van der Waals surface area contributed by atoms with Gasteiger partial charge in [0, 0.05) is 42.5 Å². The van der Waals surface area contributed by atoms with Gasteiger partial charge in [-0.05, 0) is 18.6 Å². The van der Waals surface area contributed by atoms with E-state index in [9.17, 15) is 9.59 Å². The molecule has 1 aliphatic rings. The molecule has 106 valence electrons. The molecule has 20 heavy (non-hydrogen) atoms. The number of thioether (sulfide) groups is 1. The predicted molar refractivity (Wildman–Crippen MR) is 78.0 cm³/mol. The topological polar surface area (TPSA) is 72.7 Å². The average molecular weight is 292 g/mol. The Bertz CT molecular complexity index is 702. The molecular formula is C13H16N4O2S. The van der Waals surface area contributed by atoms with Gasteiger partial charge in [-0.3, -0.25) is 14.3 Å². The highest BCUT2D eigenvalue weighted by atomic mass is 32.2.